The van der Waals surface area contributed by atoms with E-state index in [2.05, 4.69) is 5.32 Å². The van der Waals surface area contributed by atoms with Crippen molar-refractivity contribution in [3.05, 3.63) is 29.3 Å². The molecular formula is C11H13F2NO. The first-order valence-electron chi connectivity index (χ1n) is 5.10. The van der Waals surface area contributed by atoms with Gasteiger partial charge in [-0.05, 0) is 19.4 Å². The second-order valence-corrected chi connectivity index (χ2v) is 3.82. The van der Waals surface area contributed by atoms with Crippen LogP contribution < -0.4 is 5.32 Å². The van der Waals surface area contributed by atoms with E-state index in [0.717, 1.165) is 37.9 Å². The van der Waals surface area contributed by atoms with Gasteiger partial charge >= 0.3 is 0 Å². The minimum absolute atomic E-state index is 0.191. The zero-order chi connectivity index (χ0) is 10.8. The van der Waals surface area contributed by atoms with Gasteiger partial charge < -0.3 is 10.4 Å². The lowest BCUT2D eigenvalue weighted by atomic mass is 9.96. The van der Waals surface area contributed by atoms with Crippen LogP contribution in [0.2, 0.25) is 0 Å². The van der Waals surface area contributed by atoms with Crippen LogP contribution in [0.15, 0.2) is 12.1 Å². The van der Waals surface area contributed by atoms with Crippen molar-refractivity contribution in [2.24, 2.45) is 0 Å². The monoisotopic (exact) mass is 213 g/mol. The van der Waals surface area contributed by atoms with Crippen LogP contribution in [0.3, 0.4) is 0 Å². The maximum absolute atomic E-state index is 13.5. The Balaban J connectivity index is 2.33. The van der Waals surface area contributed by atoms with E-state index in [1.807, 2.05) is 0 Å². The zero-order valence-electron chi connectivity index (χ0n) is 8.26. The molecule has 2 rings (SSSR count). The van der Waals surface area contributed by atoms with Crippen molar-refractivity contribution in [3.63, 3.8) is 0 Å². The molecule has 15 heavy (non-hydrogen) atoms. The molecule has 1 aromatic carbocycles. The highest BCUT2D eigenvalue weighted by molar-refractivity contribution is 5.36. The van der Waals surface area contributed by atoms with E-state index in [1.165, 1.54) is 0 Å². The Morgan fingerprint density at radius 3 is 2.67 bits per heavy atom. The van der Waals surface area contributed by atoms with Gasteiger partial charge in [0.1, 0.15) is 17.4 Å². The SMILES string of the molecule is Oc1cc(F)cc(F)c1C1CCCCN1. The summed E-state index contributed by atoms with van der Waals surface area (Å²) in [6, 6.07) is 1.57. The molecule has 1 aliphatic rings. The lowest BCUT2D eigenvalue weighted by Crippen LogP contribution is -2.27. The summed E-state index contributed by atoms with van der Waals surface area (Å²) in [5.74, 6) is -1.72. The van der Waals surface area contributed by atoms with E-state index in [9.17, 15) is 13.9 Å². The summed E-state index contributed by atoms with van der Waals surface area (Å²) < 4.78 is 26.2. The molecular weight excluding hydrogens is 200 g/mol. The number of aromatic hydroxyl groups is 1. The number of hydrogen-bond acceptors (Lipinski definition) is 2. The molecule has 1 unspecified atom stereocenters. The maximum atomic E-state index is 13.5. The van der Waals surface area contributed by atoms with Gasteiger partial charge in [0.2, 0.25) is 0 Å². The summed E-state index contributed by atoms with van der Waals surface area (Å²) in [4.78, 5) is 0. The summed E-state index contributed by atoms with van der Waals surface area (Å²) in [7, 11) is 0. The predicted octanol–water partition coefficient (Wildman–Crippen LogP) is 2.49. The number of piperidine rings is 1. The average Bonchev–Trinajstić information content (AvgIpc) is 2.17. The molecule has 4 heteroatoms. The first-order valence-corrected chi connectivity index (χ1v) is 5.10. The van der Waals surface area contributed by atoms with E-state index >= 15 is 0 Å². The van der Waals surface area contributed by atoms with Crippen LogP contribution in [0.25, 0.3) is 0 Å². The number of phenols is 1. The fourth-order valence-electron chi connectivity index (χ4n) is 2.01. The van der Waals surface area contributed by atoms with Gasteiger partial charge in [0, 0.05) is 23.7 Å². The van der Waals surface area contributed by atoms with Gasteiger partial charge in [-0.2, -0.15) is 0 Å². The van der Waals surface area contributed by atoms with Crippen molar-refractivity contribution in [3.8, 4) is 5.75 Å². The summed E-state index contributed by atoms with van der Waals surface area (Å²) in [6.45, 7) is 0.806. The normalized spacial score (nSPS) is 21.6. The lowest BCUT2D eigenvalue weighted by molar-refractivity contribution is 0.374. The van der Waals surface area contributed by atoms with Crippen molar-refractivity contribution < 1.29 is 13.9 Å². The number of phenolic OH excluding ortho intramolecular Hbond substituents is 1. The minimum Gasteiger partial charge on any atom is -0.507 e. The Labute approximate surface area is 86.9 Å². The van der Waals surface area contributed by atoms with E-state index in [-0.39, 0.29) is 17.4 Å². The first kappa shape index (κ1) is 10.4. The number of rotatable bonds is 1. The molecule has 1 fully saturated rings. The number of nitrogens with one attached hydrogen (secondary N) is 1. The highest BCUT2D eigenvalue weighted by Gasteiger charge is 2.22. The van der Waals surface area contributed by atoms with Gasteiger partial charge in [-0.15, -0.1) is 0 Å². The van der Waals surface area contributed by atoms with Crippen LogP contribution in [-0.4, -0.2) is 11.7 Å². The molecule has 1 aromatic rings. The van der Waals surface area contributed by atoms with Gasteiger partial charge in [0.25, 0.3) is 0 Å². The summed E-state index contributed by atoms with van der Waals surface area (Å²) in [6.07, 6.45) is 2.82. The van der Waals surface area contributed by atoms with Crippen molar-refractivity contribution in [1.82, 2.24) is 5.32 Å². The van der Waals surface area contributed by atoms with Crippen molar-refractivity contribution >= 4 is 0 Å². The third-order valence-electron chi connectivity index (χ3n) is 2.73. The number of halogens is 2. The molecule has 82 valence electrons. The molecule has 2 nitrogen and oxygen atoms in total. The number of benzene rings is 1. The molecule has 2 N–H and O–H groups in total. The molecule has 0 amide bonds. The minimum atomic E-state index is -0.746. The van der Waals surface area contributed by atoms with Gasteiger partial charge in [-0.25, -0.2) is 8.78 Å². The van der Waals surface area contributed by atoms with Crippen molar-refractivity contribution in [2.75, 3.05) is 6.54 Å². The zero-order valence-corrected chi connectivity index (χ0v) is 8.26. The van der Waals surface area contributed by atoms with Gasteiger partial charge in [0.15, 0.2) is 0 Å². The Morgan fingerprint density at radius 1 is 1.27 bits per heavy atom. The van der Waals surface area contributed by atoms with Crippen LogP contribution in [0.4, 0.5) is 8.78 Å². The van der Waals surface area contributed by atoms with Crippen LogP contribution in [-0.2, 0) is 0 Å². The average molecular weight is 213 g/mol. The fraction of sp³-hybridized carbons (Fsp3) is 0.455. The molecule has 1 saturated heterocycles. The van der Waals surface area contributed by atoms with Crippen LogP contribution in [0, 0.1) is 11.6 Å². The van der Waals surface area contributed by atoms with E-state index < -0.39 is 11.6 Å². The summed E-state index contributed by atoms with van der Waals surface area (Å²) in [5, 5.41) is 12.6. The summed E-state index contributed by atoms with van der Waals surface area (Å²) in [5.41, 5.74) is 0.191. The molecule has 1 aliphatic heterocycles. The molecule has 0 spiro atoms. The molecule has 0 bridgehead atoms. The lowest BCUT2D eigenvalue weighted by Gasteiger charge is -2.24. The largest absolute Gasteiger partial charge is 0.507 e. The Morgan fingerprint density at radius 2 is 2.07 bits per heavy atom. The first-order chi connectivity index (χ1) is 7.18. The molecule has 1 atom stereocenters. The van der Waals surface area contributed by atoms with Crippen molar-refractivity contribution in [1.29, 1.82) is 0 Å². The maximum Gasteiger partial charge on any atom is 0.134 e. The third-order valence-corrected chi connectivity index (χ3v) is 2.73. The molecule has 0 radical (unpaired) electrons. The predicted molar refractivity (Wildman–Crippen MR) is 52.6 cm³/mol. The molecule has 0 aliphatic carbocycles. The molecule has 0 aromatic heterocycles. The van der Waals surface area contributed by atoms with Gasteiger partial charge in [-0.3, -0.25) is 0 Å². The topological polar surface area (TPSA) is 32.3 Å². The van der Waals surface area contributed by atoms with E-state index in [0.29, 0.717) is 0 Å². The van der Waals surface area contributed by atoms with Gasteiger partial charge in [-0.1, -0.05) is 6.42 Å². The van der Waals surface area contributed by atoms with Gasteiger partial charge in [0.05, 0.1) is 0 Å². The highest BCUT2D eigenvalue weighted by Crippen LogP contribution is 2.32. The third kappa shape index (κ3) is 2.09. The second kappa shape index (κ2) is 4.14. The standard InChI is InChI=1S/C11H13F2NO/c12-7-5-8(13)11(10(15)6-7)9-3-1-2-4-14-9/h5-6,9,14-15H,1-4H2. The molecule has 1 heterocycles. The second-order valence-electron chi connectivity index (χ2n) is 3.82. The smallest absolute Gasteiger partial charge is 0.134 e. The quantitative estimate of drug-likeness (QED) is 0.751. The number of hydrogen-bond donors (Lipinski definition) is 2. The van der Waals surface area contributed by atoms with Crippen LogP contribution in [0.5, 0.6) is 5.75 Å². The van der Waals surface area contributed by atoms with E-state index in [4.69, 9.17) is 0 Å². The van der Waals surface area contributed by atoms with Crippen LogP contribution in [0.1, 0.15) is 30.9 Å². The summed E-state index contributed by atoms with van der Waals surface area (Å²) >= 11 is 0. The molecule has 0 saturated carbocycles. The Bertz CT molecular complexity index is 339. The Kier molecular flexibility index (Phi) is 2.86. The van der Waals surface area contributed by atoms with Crippen LogP contribution >= 0.6 is 0 Å². The highest BCUT2D eigenvalue weighted by atomic mass is 19.1. The fourth-order valence-corrected chi connectivity index (χ4v) is 2.01. The Hall–Kier alpha value is -1.16. The van der Waals surface area contributed by atoms with E-state index in [1.54, 1.807) is 0 Å². The van der Waals surface area contributed by atoms with Crippen molar-refractivity contribution in [2.45, 2.75) is 25.3 Å².